The second-order valence-electron chi connectivity index (χ2n) is 13.7. The van der Waals surface area contributed by atoms with Gasteiger partial charge in [0.05, 0.1) is 5.69 Å². The maximum Gasteiger partial charge on any atom is 0.0540 e. The van der Waals surface area contributed by atoms with Crippen LogP contribution < -0.4 is 4.90 Å². The third-order valence-electron chi connectivity index (χ3n) is 10.3. The fraction of sp³-hybridized carbons (Fsp3) is 0. The molecule has 0 aliphatic rings. The average molecular weight is 702 g/mol. The van der Waals surface area contributed by atoms with Crippen LogP contribution in [0.3, 0.4) is 0 Å². The van der Waals surface area contributed by atoms with Gasteiger partial charge < -0.3 is 4.90 Å². The fourth-order valence-electron chi connectivity index (χ4n) is 7.59. The summed E-state index contributed by atoms with van der Waals surface area (Å²) in [7, 11) is 0. The van der Waals surface area contributed by atoms with E-state index in [-0.39, 0.29) is 0 Å². The molecule has 0 atom stereocenters. The Morgan fingerprint density at radius 2 is 0.564 bits per heavy atom. The second-order valence-corrected chi connectivity index (χ2v) is 13.7. The first-order valence-corrected chi connectivity index (χ1v) is 18.8. The van der Waals surface area contributed by atoms with Crippen molar-refractivity contribution in [2.45, 2.75) is 0 Å². The highest BCUT2D eigenvalue weighted by molar-refractivity contribution is 5.98. The molecule has 1 heteroatoms. The number of hydrogen-bond acceptors (Lipinski definition) is 1. The van der Waals surface area contributed by atoms with Gasteiger partial charge in [-0.05, 0) is 97.6 Å². The Bertz CT molecular complexity index is 2650. The van der Waals surface area contributed by atoms with Crippen molar-refractivity contribution in [1.82, 2.24) is 0 Å². The monoisotopic (exact) mass is 701 g/mol. The second kappa shape index (κ2) is 15.4. The number of rotatable bonds is 9. The van der Waals surface area contributed by atoms with E-state index in [1.165, 1.54) is 61.2 Å². The van der Waals surface area contributed by atoms with Crippen molar-refractivity contribution in [2.75, 3.05) is 4.90 Å². The van der Waals surface area contributed by atoms with Crippen LogP contribution in [0.5, 0.6) is 0 Å². The van der Waals surface area contributed by atoms with Crippen molar-refractivity contribution in [3.05, 3.63) is 237 Å². The summed E-state index contributed by atoms with van der Waals surface area (Å²) in [6, 6.07) is 85.0. The lowest BCUT2D eigenvalue weighted by Gasteiger charge is -2.28. The SMILES string of the molecule is c1ccc(-c2ccc(-c3ccc(N(c4ccccc4)c4ccccc4-c4ccccc4-c4cc(-c5ccccc5)ccc4-c4ccccc4)cc3)cc2)cc1. The maximum absolute atomic E-state index is 2.38. The molecule has 0 spiro atoms. The van der Waals surface area contributed by atoms with Gasteiger partial charge in [-0.15, -0.1) is 0 Å². The summed E-state index contributed by atoms with van der Waals surface area (Å²) >= 11 is 0. The lowest BCUT2D eigenvalue weighted by Crippen LogP contribution is -2.11. The average Bonchev–Trinajstić information content (AvgIpc) is 3.28. The highest BCUT2D eigenvalue weighted by atomic mass is 15.1. The van der Waals surface area contributed by atoms with Gasteiger partial charge in [0, 0.05) is 16.9 Å². The number of hydrogen-bond donors (Lipinski definition) is 0. The van der Waals surface area contributed by atoms with E-state index in [4.69, 9.17) is 0 Å². The molecule has 0 amide bonds. The van der Waals surface area contributed by atoms with E-state index >= 15 is 0 Å². The molecule has 0 heterocycles. The molecule has 55 heavy (non-hydrogen) atoms. The van der Waals surface area contributed by atoms with Crippen LogP contribution in [0, 0.1) is 0 Å². The van der Waals surface area contributed by atoms with E-state index in [9.17, 15) is 0 Å². The summed E-state index contributed by atoms with van der Waals surface area (Å²) in [6.07, 6.45) is 0. The molecule has 0 saturated carbocycles. The van der Waals surface area contributed by atoms with Gasteiger partial charge in [-0.3, -0.25) is 0 Å². The standard InChI is InChI=1S/C54H39N/c1-5-17-40(18-6-1)42-29-31-43(32-30-42)44-33-36-48(37-34-44)55(47-23-11-4-12-24-47)54-28-16-15-27-52(54)50-25-13-14-26-51(50)53-39-46(41-19-7-2-8-20-41)35-38-49(53)45-21-9-3-10-22-45/h1-39H. The van der Waals surface area contributed by atoms with Crippen LogP contribution in [0.1, 0.15) is 0 Å². The van der Waals surface area contributed by atoms with E-state index in [1.807, 2.05) is 0 Å². The van der Waals surface area contributed by atoms with Crippen LogP contribution in [-0.2, 0) is 0 Å². The van der Waals surface area contributed by atoms with Crippen molar-refractivity contribution in [3.8, 4) is 66.8 Å². The van der Waals surface area contributed by atoms with Crippen molar-refractivity contribution < 1.29 is 0 Å². The van der Waals surface area contributed by atoms with Gasteiger partial charge in [0.1, 0.15) is 0 Å². The van der Waals surface area contributed by atoms with Crippen LogP contribution in [-0.4, -0.2) is 0 Å². The molecule has 9 aromatic carbocycles. The van der Waals surface area contributed by atoms with Crippen LogP contribution in [0.25, 0.3) is 66.8 Å². The third kappa shape index (κ3) is 7.00. The molecular formula is C54H39N. The van der Waals surface area contributed by atoms with E-state index in [2.05, 4.69) is 241 Å². The minimum atomic E-state index is 1.09. The van der Waals surface area contributed by atoms with Crippen molar-refractivity contribution in [1.29, 1.82) is 0 Å². The minimum absolute atomic E-state index is 1.09. The predicted molar refractivity (Wildman–Crippen MR) is 234 cm³/mol. The minimum Gasteiger partial charge on any atom is -0.310 e. The Balaban J connectivity index is 1.16. The molecule has 0 saturated heterocycles. The summed E-state index contributed by atoms with van der Waals surface area (Å²) < 4.78 is 0. The molecule has 0 fully saturated rings. The molecule has 1 nitrogen and oxygen atoms in total. The molecule has 0 aliphatic heterocycles. The van der Waals surface area contributed by atoms with Gasteiger partial charge in [0.25, 0.3) is 0 Å². The first kappa shape index (κ1) is 33.6. The lowest BCUT2D eigenvalue weighted by molar-refractivity contribution is 1.28. The van der Waals surface area contributed by atoms with E-state index < -0.39 is 0 Å². The van der Waals surface area contributed by atoms with Gasteiger partial charge in [0.2, 0.25) is 0 Å². The highest BCUT2D eigenvalue weighted by Gasteiger charge is 2.20. The zero-order valence-electron chi connectivity index (χ0n) is 30.5. The first-order chi connectivity index (χ1) is 27.3. The highest BCUT2D eigenvalue weighted by Crippen LogP contribution is 2.46. The van der Waals surface area contributed by atoms with E-state index in [0.717, 1.165) is 22.6 Å². The number of anilines is 3. The number of para-hydroxylation sites is 2. The Kier molecular flexibility index (Phi) is 9.41. The smallest absolute Gasteiger partial charge is 0.0540 e. The largest absolute Gasteiger partial charge is 0.310 e. The quantitative estimate of drug-likeness (QED) is 0.145. The zero-order chi connectivity index (χ0) is 36.8. The number of benzene rings is 9. The maximum atomic E-state index is 2.38. The lowest BCUT2D eigenvalue weighted by atomic mass is 9.87. The van der Waals surface area contributed by atoms with Crippen LogP contribution in [0.15, 0.2) is 237 Å². The van der Waals surface area contributed by atoms with E-state index in [0.29, 0.717) is 0 Å². The molecule has 0 aliphatic carbocycles. The molecule has 9 aromatic rings. The molecule has 9 rings (SSSR count). The Morgan fingerprint density at radius 1 is 0.200 bits per heavy atom. The normalized spacial score (nSPS) is 10.9. The molecule has 0 radical (unpaired) electrons. The van der Waals surface area contributed by atoms with Crippen molar-refractivity contribution in [3.63, 3.8) is 0 Å². The van der Waals surface area contributed by atoms with Gasteiger partial charge in [0.15, 0.2) is 0 Å². The first-order valence-electron chi connectivity index (χ1n) is 18.8. The zero-order valence-corrected chi connectivity index (χ0v) is 30.5. The van der Waals surface area contributed by atoms with Gasteiger partial charge in [-0.2, -0.15) is 0 Å². The summed E-state index contributed by atoms with van der Waals surface area (Å²) in [4.78, 5) is 2.38. The summed E-state index contributed by atoms with van der Waals surface area (Å²) in [6.45, 7) is 0. The molecule has 0 aromatic heterocycles. The molecule has 0 unspecified atom stereocenters. The fourth-order valence-corrected chi connectivity index (χ4v) is 7.59. The molecular weight excluding hydrogens is 663 g/mol. The van der Waals surface area contributed by atoms with Crippen LogP contribution in [0.2, 0.25) is 0 Å². The molecule has 0 bridgehead atoms. The van der Waals surface area contributed by atoms with Gasteiger partial charge >= 0.3 is 0 Å². The Hall–Kier alpha value is -7.22. The third-order valence-corrected chi connectivity index (χ3v) is 10.3. The molecule has 260 valence electrons. The predicted octanol–water partition coefficient (Wildman–Crippen LogP) is 15.2. The number of nitrogens with zero attached hydrogens (tertiary/aromatic N) is 1. The summed E-state index contributed by atoms with van der Waals surface area (Å²) in [5.41, 5.74) is 17.6. The Morgan fingerprint density at radius 3 is 1.13 bits per heavy atom. The summed E-state index contributed by atoms with van der Waals surface area (Å²) in [5, 5.41) is 0. The van der Waals surface area contributed by atoms with Crippen molar-refractivity contribution in [2.24, 2.45) is 0 Å². The van der Waals surface area contributed by atoms with Crippen LogP contribution in [0.4, 0.5) is 17.1 Å². The Labute approximate surface area is 324 Å². The van der Waals surface area contributed by atoms with Gasteiger partial charge in [-0.1, -0.05) is 200 Å². The molecule has 0 N–H and O–H groups in total. The van der Waals surface area contributed by atoms with Crippen molar-refractivity contribution >= 4 is 17.1 Å². The van der Waals surface area contributed by atoms with E-state index in [1.54, 1.807) is 0 Å². The van der Waals surface area contributed by atoms with Gasteiger partial charge in [-0.25, -0.2) is 0 Å². The topological polar surface area (TPSA) is 3.24 Å². The summed E-state index contributed by atoms with van der Waals surface area (Å²) in [5.74, 6) is 0. The van der Waals surface area contributed by atoms with Crippen LogP contribution >= 0.6 is 0 Å².